The molecule has 2 aromatic rings. The smallest absolute Gasteiger partial charge is 0.181 e. The number of hydrogen-bond donors (Lipinski definition) is 1. The molecule has 0 aliphatic rings. The van der Waals surface area contributed by atoms with Gasteiger partial charge in [-0.3, -0.25) is 4.79 Å². The second-order valence-corrected chi connectivity index (χ2v) is 6.36. The van der Waals surface area contributed by atoms with E-state index >= 15 is 0 Å². The van der Waals surface area contributed by atoms with Gasteiger partial charge in [-0.05, 0) is 12.1 Å². The largest absolute Gasteiger partial charge is 0.382 e. The Balaban J connectivity index is 2.47. The molecule has 0 saturated heterocycles. The highest BCUT2D eigenvalue weighted by atomic mass is 32.2. The average Bonchev–Trinajstić information content (AvgIpc) is 2.38. The van der Waals surface area contributed by atoms with Crippen LogP contribution in [0.1, 0.15) is 17.4 Å². The fourth-order valence-electron chi connectivity index (χ4n) is 1.67. The van der Waals surface area contributed by atoms with Crippen LogP contribution in [-0.4, -0.2) is 30.4 Å². The van der Waals surface area contributed by atoms with Gasteiger partial charge >= 0.3 is 0 Å². The number of ketones is 1. The highest BCUT2D eigenvalue weighted by Crippen LogP contribution is 2.20. The van der Waals surface area contributed by atoms with Gasteiger partial charge < -0.3 is 5.73 Å². The van der Waals surface area contributed by atoms with Crippen LogP contribution in [0.25, 0.3) is 11.3 Å². The number of anilines is 1. The van der Waals surface area contributed by atoms with Crippen LogP contribution in [0.15, 0.2) is 35.4 Å². The molecule has 0 aliphatic heterocycles. The van der Waals surface area contributed by atoms with E-state index in [0.717, 1.165) is 6.26 Å². The van der Waals surface area contributed by atoms with Crippen LogP contribution < -0.4 is 5.73 Å². The highest BCUT2D eigenvalue weighted by Gasteiger charge is 2.11. The minimum absolute atomic E-state index is 0.0778. The van der Waals surface area contributed by atoms with Crippen LogP contribution in [0, 0.1) is 0 Å². The van der Waals surface area contributed by atoms with Crippen molar-refractivity contribution in [3.63, 3.8) is 0 Å². The van der Waals surface area contributed by atoms with Crippen LogP contribution in [0.2, 0.25) is 0 Å². The Hall–Kier alpha value is -2.28. The molecule has 2 N–H and O–H groups in total. The summed E-state index contributed by atoms with van der Waals surface area (Å²) in [7, 11) is -3.24. The fourth-order valence-corrected chi connectivity index (χ4v) is 2.30. The minimum atomic E-state index is -3.24. The maximum atomic E-state index is 11.4. The van der Waals surface area contributed by atoms with Gasteiger partial charge in [0.2, 0.25) is 0 Å². The van der Waals surface area contributed by atoms with Crippen LogP contribution in [0.5, 0.6) is 0 Å². The number of aromatic nitrogens is 2. The molecular weight excluding hydrogens is 278 g/mol. The Morgan fingerprint density at radius 1 is 1.20 bits per heavy atom. The van der Waals surface area contributed by atoms with E-state index < -0.39 is 9.84 Å². The molecule has 7 heteroatoms. The summed E-state index contributed by atoms with van der Waals surface area (Å²) < 4.78 is 22.8. The third-order valence-electron chi connectivity index (χ3n) is 2.71. The van der Waals surface area contributed by atoms with E-state index in [1.165, 1.54) is 25.3 Å². The third kappa shape index (κ3) is 2.83. The third-order valence-corrected chi connectivity index (χ3v) is 3.84. The van der Waals surface area contributed by atoms with Gasteiger partial charge in [-0.1, -0.05) is 12.1 Å². The molecule has 0 radical (unpaired) electrons. The number of carbonyl (C=O) groups excluding carboxylic acids is 1. The van der Waals surface area contributed by atoms with E-state index in [0.29, 0.717) is 11.3 Å². The van der Waals surface area contributed by atoms with E-state index in [2.05, 4.69) is 9.97 Å². The van der Waals surface area contributed by atoms with Gasteiger partial charge in [0.05, 0.1) is 16.8 Å². The van der Waals surface area contributed by atoms with Crippen molar-refractivity contribution in [2.24, 2.45) is 0 Å². The molecule has 1 heterocycles. The number of Topliss-reactive ketones (excluding diaryl/α,β-unsaturated/α-hetero) is 1. The van der Waals surface area contributed by atoms with E-state index in [1.807, 2.05) is 0 Å². The van der Waals surface area contributed by atoms with Gasteiger partial charge in [-0.2, -0.15) is 0 Å². The lowest BCUT2D eigenvalue weighted by Gasteiger charge is -2.05. The quantitative estimate of drug-likeness (QED) is 0.856. The second-order valence-electron chi connectivity index (χ2n) is 4.34. The fraction of sp³-hybridized carbons (Fsp3) is 0.154. The Morgan fingerprint density at radius 2 is 1.80 bits per heavy atom. The number of nitrogens with zero attached hydrogens (tertiary/aromatic N) is 2. The van der Waals surface area contributed by atoms with Crippen molar-refractivity contribution < 1.29 is 13.2 Å². The first kappa shape index (κ1) is 14.1. The summed E-state index contributed by atoms with van der Waals surface area (Å²) in [5.74, 6) is -0.196. The zero-order valence-corrected chi connectivity index (χ0v) is 11.8. The molecule has 20 heavy (non-hydrogen) atoms. The lowest BCUT2D eigenvalue weighted by molar-refractivity contribution is 0.101. The molecule has 0 unspecified atom stereocenters. The van der Waals surface area contributed by atoms with E-state index in [1.54, 1.807) is 12.1 Å². The van der Waals surface area contributed by atoms with Crippen LogP contribution in [0.4, 0.5) is 5.82 Å². The molecule has 104 valence electrons. The summed E-state index contributed by atoms with van der Waals surface area (Å²) >= 11 is 0. The summed E-state index contributed by atoms with van der Waals surface area (Å²) in [6, 6.07) is 6.19. The van der Waals surface area contributed by atoms with Crippen LogP contribution in [0.3, 0.4) is 0 Å². The predicted octanol–water partition coefficient (Wildman–Crippen LogP) is 1.33. The summed E-state index contributed by atoms with van der Waals surface area (Å²) in [6.45, 7) is 1.36. The summed E-state index contributed by atoms with van der Waals surface area (Å²) in [4.78, 5) is 19.7. The molecule has 0 atom stereocenters. The maximum absolute atomic E-state index is 11.4. The standard InChI is InChI=1S/C13H13N3O3S/c1-8(17)12-13(14)15-7-11(16-12)9-3-5-10(6-4-9)20(2,18)19/h3-7H,1-2H3,(H2,14,15). The number of carbonyl (C=O) groups is 1. The molecule has 6 nitrogen and oxygen atoms in total. The Bertz CT molecular complexity index is 768. The number of nitrogen functional groups attached to an aromatic ring is 1. The summed E-state index contributed by atoms with van der Waals surface area (Å²) in [5.41, 5.74) is 6.80. The molecule has 1 aromatic heterocycles. The average molecular weight is 291 g/mol. The molecule has 0 spiro atoms. The molecule has 2 rings (SSSR count). The molecule has 1 aromatic carbocycles. The van der Waals surface area contributed by atoms with E-state index in [9.17, 15) is 13.2 Å². The van der Waals surface area contributed by atoms with Crippen molar-refractivity contribution in [1.82, 2.24) is 9.97 Å². The molecule has 0 bridgehead atoms. The summed E-state index contributed by atoms with van der Waals surface area (Å²) in [6.07, 6.45) is 2.58. The normalized spacial score (nSPS) is 11.3. The van der Waals surface area contributed by atoms with Crippen molar-refractivity contribution >= 4 is 21.4 Å². The van der Waals surface area contributed by atoms with Crippen LogP contribution >= 0.6 is 0 Å². The lowest BCUT2D eigenvalue weighted by Crippen LogP contribution is -2.06. The van der Waals surface area contributed by atoms with Crippen molar-refractivity contribution in [3.05, 3.63) is 36.2 Å². The van der Waals surface area contributed by atoms with Crippen molar-refractivity contribution in [1.29, 1.82) is 0 Å². The van der Waals surface area contributed by atoms with Gasteiger partial charge in [-0.25, -0.2) is 18.4 Å². The van der Waals surface area contributed by atoms with E-state index in [4.69, 9.17) is 5.73 Å². The number of rotatable bonds is 3. The molecular formula is C13H13N3O3S. The Labute approximate surface area is 116 Å². The Morgan fingerprint density at radius 3 is 2.30 bits per heavy atom. The van der Waals surface area contributed by atoms with Gasteiger partial charge in [0.1, 0.15) is 5.69 Å². The first-order chi connectivity index (χ1) is 9.29. The van der Waals surface area contributed by atoms with Gasteiger partial charge in [-0.15, -0.1) is 0 Å². The molecule has 0 amide bonds. The topological polar surface area (TPSA) is 103 Å². The number of hydrogen-bond acceptors (Lipinski definition) is 6. The maximum Gasteiger partial charge on any atom is 0.181 e. The number of nitrogens with two attached hydrogens (primary N) is 1. The second kappa shape index (κ2) is 5.01. The predicted molar refractivity (Wildman–Crippen MR) is 75.0 cm³/mol. The van der Waals surface area contributed by atoms with Gasteiger partial charge in [0.15, 0.2) is 21.4 Å². The van der Waals surface area contributed by atoms with Crippen molar-refractivity contribution in [3.8, 4) is 11.3 Å². The first-order valence-electron chi connectivity index (χ1n) is 5.73. The molecule has 0 saturated carbocycles. The van der Waals surface area contributed by atoms with E-state index in [-0.39, 0.29) is 22.2 Å². The summed E-state index contributed by atoms with van der Waals surface area (Å²) in [5, 5.41) is 0. The minimum Gasteiger partial charge on any atom is -0.382 e. The highest BCUT2D eigenvalue weighted by molar-refractivity contribution is 7.90. The zero-order valence-electron chi connectivity index (χ0n) is 11.0. The van der Waals surface area contributed by atoms with Gasteiger partial charge in [0, 0.05) is 18.7 Å². The van der Waals surface area contributed by atoms with Crippen molar-refractivity contribution in [2.75, 3.05) is 12.0 Å². The number of benzene rings is 1. The van der Waals surface area contributed by atoms with Gasteiger partial charge in [0.25, 0.3) is 0 Å². The SMILES string of the molecule is CC(=O)c1nc(-c2ccc(S(C)(=O)=O)cc2)cnc1N. The molecule has 0 fully saturated rings. The number of sulfone groups is 1. The monoisotopic (exact) mass is 291 g/mol. The van der Waals surface area contributed by atoms with Crippen molar-refractivity contribution in [2.45, 2.75) is 11.8 Å². The zero-order chi connectivity index (χ0) is 14.9. The lowest BCUT2D eigenvalue weighted by atomic mass is 10.1. The first-order valence-corrected chi connectivity index (χ1v) is 7.62. The van der Waals surface area contributed by atoms with Crippen LogP contribution in [-0.2, 0) is 9.84 Å². The Kier molecular flexibility index (Phi) is 3.54. The molecule has 0 aliphatic carbocycles.